The molecule has 0 saturated carbocycles. The SMILES string of the molecule is C=C[C@@H](O)C(Cc1ccccc1)NC(=O)O. The topological polar surface area (TPSA) is 69.6 Å². The zero-order valence-corrected chi connectivity index (χ0v) is 8.84. The molecule has 1 aromatic carbocycles. The molecule has 1 rings (SSSR count). The molecule has 1 aromatic rings. The van der Waals surface area contributed by atoms with Crippen LogP contribution in [0.25, 0.3) is 0 Å². The Morgan fingerprint density at radius 2 is 2.06 bits per heavy atom. The summed E-state index contributed by atoms with van der Waals surface area (Å²) in [5.74, 6) is 0. The van der Waals surface area contributed by atoms with Crippen LogP contribution in [0.15, 0.2) is 43.0 Å². The van der Waals surface area contributed by atoms with Gasteiger partial charge < -0.3 is 15.5 Å². The number of hydrogen-bond donors (Lipinski definition) is 3. The molecule has 2 atom stereocenters. The van der Waals surface area contributed by atoms with Crippen LogP contribution < -0.4 is 5.32 Å². The first-order valence-corrected chi connectivity index (χ1v) is 4.97. The van der Waals surface area contributed by atoms with E-state index in [9.17, 15) is 9.90 Å². The van der Waals surface area contributed by atoms with E-state index in [4.69, 9.17) is 5.11 Å². The van der Waals surface area contributed by atoms with Crippen molar-refractivity contribution in [1.29, 1.82) is 0 Å². The Morgan fingerprint density at radius 1 is 1.44 bits per heavy atom. The highest BCUT2D eigenvalue weighted by atomic mass is 16.4. The van der Waals surface area contributed by atoms with Crippen molar-refractivity contribution in [3.63, 3.8) is 0 Å². The van der Waals surface area contributed by atoms with Gasteiger partial charge in [0.2, 0.25) is 0 Å². The summed E-state index contributed by atoms with van der Waals surface area (Å²) in [5, 5.41) is 20.5. The van der Waals surface area contributed by atoms with Gasteiger partial charge in [0.1, 0.15) is 0 Å². The summed E-state index contributed by atoms with van der Waals surface area (Å²) in [6.07, 6.45) is -0.290. The van der Waals surface area contributed by atoms with Gasteiger partial charge in [-0.15, -0.1) is 6.58 Å². The van der Waals surface area contributed by atoms with E-state index in [-0.39, 0.29) is 0 Å². The van der Waals surface area contributed by atoms with Crippen LogP contribution in [0.3, 0.4) is 0 Å². The Bertz CT molecular complexity index is 351. The first-order valence-electron chi connectivity index (χ1n) is 4.97. The fourth-order valence-corrected chi connectivity index (χ4v) is 1.45. The third-order valence-electron chi connectivity index (χ3n) is 2.26. The maximum absolute atomic E-state index is 10.6. The van der Waals surface area contributed by atoms with Gasteiger partial charge in [0.05, 0.1) is 12.1 Å². The van der Waals surface area contributed by atoms with Gasteiger partial charge in [-0.3, -0.25) is 0 Å². The largest absolute Gasteiger partial charge is 0.465 e. The van der Waals surface area contributed by atoms with E-state index < -0.39 is 18.2 Å². The highest BCUT2D eigenvalue weighted by Crippen LogP contribution is 2.06. The summed E-state index contributed by atoms with van der Waals surface area (Å²) in [6, 6.07) is 8.81. The van der Waals surface area contributed by atoms with Gasteiger partial charge in [0.15, 0.2) is 0 Å². The predicted octanol–water partition coefficient (Wildman–Crippen LogP) is 1.41. The molecule has 0 bridgehead atoms. The maximum atomic E-state index is 10.6. The highest BCUT2D eigenvalue weighted by Gasteiger charge is 2.18. The Morgan fingerprint density at radius 3 is 2.56 bits per heavy atom. The van der Waals surface area contributed by atoms with Gasteiger partial charge in [-0.1, -0.05) is 36.4 Å². The summed E-state index contributed by atoms with van der Waals surface area (Å²) >= 11 is 0. The number of aliphatic hydroxyl groups excluding tert-OH is 1. The Hall–Kier alpha value is -1.81. The second-order valence-electron chi connectivity index (χ2n) is 3.47. The lowest BCUT2D eigenvalue weighted by Gasteiger charge is -2.20. The van der Waals surface area contributed by atoms with Gasteiger partial charge in [-0.2, -0.15) is 0 Å². The summed E-state index contributed by atoms with van der Waals surface area (Å²) in [4.78, 5) is 10.6. The second kappa shape index (κ2) is 5.92. The number of nitrogens with one attached hydrogen (secondary N) is 1. The molecule has 16 heavy (non-hydrogen) atoms. The lowest BCUT2D eigenvalue weighted by molar-refractivity contribution is 0.151. The predicted molar refractivity (Wildman–Crippen MR) is 61.3 cm³/mol. The minimum absolute atomic E-state index is 0.431. The van der Waals surface area contributed by atoms with Crippen molar-refractivity contribution < 1.29 is 15.0 Å². The molecule has 0 aliphatic rings. The third-order valence-corrected chi connectivity index (χ3v) is 2.26. The third kappa shape index (κ3) is 3.74. The summed E-state index contributed by atoms with van der Waals surface area (Å²) in [6.45, 7) is 3.45. The smallest absolute Gasteiger partial charge is 0.404 e. The van der Waals surface area contributed by atoms with Crippen LogP contribution in [0.1, 0.15) is 5.56 Å². The second-order valence-corrected chi connectivity index (χ2v) is 3.47. The van der Waals surface area contributed by atoms with Crippen LogP contribution in [-0.2, 0) is 6.42 Å². The molecule has 4 heteroatoms. The summed E-state index contributed by atoms with van der Waals surface area (Å²) in [5.41, 5.74) is 0.960. The zero-order chi connectivity index (χ0) is 12.0. The summed E-state index contributed by atoms with van der Waals surface area (Å²) < 4.78 is 0. The van der Waals surface area contributed by atoms with Gasteiger partial charge in [0, 0.05) is 0 Å². The summed E-state index contributed by atoms with van der Waals surface area (Å²) in [7, 11) is 0. The fraction of sp³-hybridized carbons (Fsp3) is 0.250. The van der Waals surface area contributed by atoms with Crippen molar-refractivity contribution in [2.75, 3.05) is 0 Å². The maximum Gasteiger partial charge on any atom is 0.404 e. The molecule has 1 amide bonds. The number of carbonyl (C=O) groups is 1. The molecule has 3 N–H and O–H groups in total. The molecule has 0 aliphatic heterocycles. The molecule has 0 heterocycles. The van der Waals surface area contributed by atoms with E-state index >= 15 is 0 Å². The standard InChI is InChI=1S/C12H15NO3/c1-2-11(14)10(13-12(15)16)8-9-6-4-3-5-7-9/h2-7,10-11,13-14H,1,8H2,(H,15,16)/t10?,11-/m1/s1. The lowest BCUT2D eigenvalue weighted by atomic mass is 10.0. The molecular weight excluding hydrogens is 206 g/mol. The molecule has 0 radical (unpaired) electrons. The van der Waals surface area contributed by atoms with Crippen LogP contribution in [0.4, 0.5) is 4.79 Å². The number of amides is 1. The van der Waals surface area contributed by atoms with E-state index in [2.05, 4.69) is 11.9 Å². The average Bonchev–Trinajstić information content (AvgIpc) is 2.28. The quantitative estimate of drug-likeness (QED) is 0.658. The molecule has 0 aliphatic carbocycles. The van der Waals surface area contributed by atoms with Crippen molar-refractivity contribution >= 4 is 6.09 Å². The number of benzene rings is 1. The van der Waals surface area contributed by atoms with Crippen molar-refractivity contribution in [3.8, 4) is 0 Å². The monoisotopic (exact) mass is 221 g/mol. The van der Waals surface area contributed by atoms with E-state index in [0.29, 0.717) is 6.42 Å². The number of aliphatic hydroxyl groups is 1. The van der Waals surface area contributed by atoms with Gasteiger partial charge in [0.25, 0.3) is 0 Å². The minimum atomic E-state index is -1.15. The zero-order valence-electron chi connectivity index (χ0n) is 8.84. The highest BCUT2D eigenvalue weighted by molar-refractivity contribution is 5.65. The Labute approximate surface area is 94.2 Å². The molecule has 0 saturated heterocycles. The van der Waals surface area contributed by atoms with Crippen LogP contribution in [-0.4, -0.2) is 28.5 Å². The fourth-order valence-electron chi connectivity index (χ4n) is 1.45. The van der Waals surface area contributed by atoms with Crippen molar-refractivity contribution in [3.05, 3.63) is 48.6 Å². The van der Waals surface area contributed by atoms with Crippen LogP contribution in [0, 0.1) is 0 Å². The number of hydrogen-bond acceptors (Lipinski definition) is 2. The minimum Gasteiger partial charge on any atom is -0.465 e. The van der Waals surface area contributed by atoms with Crippen molar-refractivity contribution in [1.82, 2.24) is 5.32 Å². The van der Waals surface area contributed by atoms with Crippen molar-refractivity contribution in [2.24, 2.45) is 0 Å². The normalized spacial score (nSPS) is 13.8. The molecular formula is C12H15NO3. The molecule has 4 nitrogen and oxygen atoms in total. The van der Waals surface area contributed by atoms with E-state index in [1.54, 1.807) is 0 Å². The first kappa shape index (κ1) is 12.3. The average molecular weight is 221 g/mol. The van der Waals surface area contributed by atoms with E-state index in [1.807, 2.05) is 30.3 Å². The number of rotatable bonds is 5. The molecule has 0 aromatic heterocycles. The molecule has 86 valence electrons. The van der Waals surface area contributed by atoms with E-state index in [0.717, 1.165) is 5.56 Å². The molecule has 0 spiro atoms. The van der Waals surface area contributed by atoms with Crippen molar-refractivity contribution in [2.45, 2.75) is 18.6 Å². The first-order chi connectivity index (χ1) is 7.63. The van der Waals surface area contributed by atoms with Gasteiger partial charge >= 0.3 is 6.09 Å². The lowest BCUT2D eigenvalue weighted by Crippen LogP contribution is -2.43. The molecule has 0 fully saturated rings. The Kier molecular flexibility index (Phi) is 4.54. The van der Waals surface area contributed by atoms with E-state index in [1.165, 1.54) is 6.08 Å². The molecule has 1 unspecified atom stereocenters. The van der Waals surface area contributed by atoms with Gasteiger partial charge in [-0.25, -0.2) is 4.79 Å². The van der Waals surface area contributed by atoms with Crippen LogP contribution in [0.2, 0.25) is 0 Å². The van der Waals surface area contributed by atoms with Crippen LogP contribution >= 0.6 is 0 Å². The van der Waals surface area contributed by atoms with Gasteiger partial charge in [-0.05, 0) is 12.0 Å². The number of carboxylic acid groups (broad SMARTS) is 1. The Balaban J connectivity index is 2.70. The van der Waals surface area contributed by atoms with Crippen LogP contribution in [0.5, 0.6) is 0 Å².